The summed E-state index contributed by atoms with van der Waals surface area (Å²) in [7, 11) is 5.16. The van der Waals surface area contributed by atoms with Gasteiger partial charge in [0.15, 0.2) is 23.4 Å². The number of carbonyl (C=O) groups is 7. The molecule has 0 aliphatic carbocycles. The van der Waals surface area contributed by atoms with E-state index in [4.69, 9.17) is 5.73 Å². The summed E-state index contributed by atoms with van der Waals surface area (Å²) in [4.78, 5) is 109. The average Bonchev–Trinajstić information content (AvgIpc) is 3.76. The molecule has 361 valence electrons. The zero-order chi connectivity index (χ0) is 48.4. The van der Waals surface area contributed by atoms with Gasteiger partial charge in [0.2, 0.25) is 17.7 Å². The number of rotatable bonds is 28. The van der Waals surface area contributed by atoms with Crippen LogP contribution in [0.5, 0.6) is 0 Å². The van der Waals surface area contributed by atoms with E-state index in [-0.39, 0.29) is 112 Å². The third-order valence-electron chi connectivity index (χ3n) is 12.3. The number of anilines is 1. The Balaban J connectivity index is 0.0000150. The van der Waals surface area contributed by atoms with E-state index in [2.05, 4.69) is 40.0 Å². The van der Waals surface area contributed by atoms with Crippen LogP contribution >= 0.6 is 0 Å². The van der Waals surface area contributed by atoms with E-state index in [9.17, 15) is 43.7 Å². The van der Waals surface area contributed by atoms with Crippen molar-refractivity contribution in [1.82, 2.24) is 25.8 Å². The van der Waals surface area contributed by atoms with Crippen molar-refractivity contribution in [2.75, 3.05) is 39.5 Å². The van der Waals surface area contributed by atoms with Crippen molar-refractivity contribution in [2.24, 2.45) is 23.7 Å². The number of nitrogens with one attached hydrogen (secondary N) is 5. The van der Waals surface area contributed by atoms with Crippen LogP contribution in [0, 0.1) is 33.8 Å². The van der Waals surface area contributed by atoms with Crippen molar-refractivity contribution >= 4 is 52.5 Å². The number of benzene rings is 2. The molecule has 18 heteroatoms. The number of amides is 5. The first-order chi connectivity index (χ1) is 30.7. The molecule has 5 N–H and O–H groups in total. The smallest absolute Gasteiger partial charge is 0.269 e. The summed E-state index contributed by atoms with van der Waals surface area (Å²) in [6.45, 7) is 10.9. The number of nitrogens with zero attached hydrogens (tertiary/aromatic N) is 3. The number of hydrogen-bond acceptors (Lipinski definition) is 11. The molecule has 2 aromatic carbocycles. The molecule has 0 spiro atoms. The normalized spacial score (nSPS) is 15.9. The summed E-state index contributed by atoms with van der Waals surface area (Å²) in [5.41, 5.74) is 8.87. The van der Waals surface area contributed by atoms with Gasteiger partial charge in [-0.25, -0.2) is 0 Å². The molecule has 17 nitrogen and oxygen atoms in total. The van der Waals surface area contributed by atoms with Crippen LogP contribution in [0.25, 0.3) is 5.73 Å². The first kappa shape index (κ1) is 57.7. The average molecular weight is 993 g/mol. The molecule has 0 bridgehead atoms. The number of non-ortho nitro benzene ring substituents is 1. The molecule has 2 unspecified atom stereocenters. The van der Waals surface area contributed by atoms with E-state index in [1.165, 1.54) is 19.2 Å². The number of nitro benzene ring substituents is 1. The van der Waals surface area contributed by atoms with Gasteiger partial charge >= 0.3 is 0 Å². The second-order valence-electron chi connectivity index (χ2n) is 18.2. The maximum absolute atomic E-state index is 14.5. The van der Waals surface area contributed by atoms with Crippen LogP contribution in [-0.2, 0) is 74.3 Å². The number of ketones is 3. The number of carbonyl (C=O) groups excluding carboxylic acids is 7. The van der Waals surface area contributed by atoms with Crippen molar-refractivity contribution in [3.63, 3.8) is 0 Å². The van der Waals surface area contributed by atoms with Crippen LogP contribution in [-0.4, -0.2) is 114 Å². The van der Waals surface area contributed by atoms with Crippen LogP contribution in [0.2, 0.25) is 0 Å². The van der Waals surface area contributed by atoms with E-state index in [0.717, 1.165) is 13.0 Å². The molecule has 1 aliphatic heterocycles. The zero-order valence-electron chi connectivity index (χ0n) is 40.0. The fourth-order valence-electron chi connectivity index (χ4n) is 8.27. The molecule has 3 rings (SSSR count). The van der Waals surface area contributed by atoms with Gasteiger partial charge in [-0.1, -0.05) is 63.6 Å². The van der Waals surface area contributed by atoms with Gasteiger partial charge in [0, 0.05) is 101 Å². The van der Waals surface area contributed by atoms with Crippen LogP contribution in [0.3, 0.4) is 0 Å². The summed E-state index contributed by atoms with van der Waals surface area (Å²) < 4.78 is 0. The third-order valence-corrected chi connectivity index (χ3v) is 12.3. The Kier molecular flexibility index (Phi) is 25.1. The van der Waals surface area contributed by atoms with E-state index >= 15 is 0 Å². The molecule has 2 aromatic rings. The maximum Gasteiger partial charge on any atom is 0.269 e. The number of Topliss-reactive ketones (excluding diaryl/α,β-unsaturated/α-hetero) is 3. The van der Waals surface area contributed by atoms with Gasteiger partial charge < -0.3 is 36.8 Å². The molecular formula is C48H71N8O9Y-. The number of unbranched alkanes of at least 4 members (excludes halogenated alkanes) is 1. The summed E-state index contributed by atoms with van der Waals surface area (Å²) >= 11 is 0. The van der Waals surface area contributed by atoms with E-state index in [1.54, 1.807) is 55.3 Å². The molecule has 0 saturated carbocycles. The largest absolute Gasteiger partial charge is 0.447 e. The van der Waals surface area contributed by atoms with Gasteiger partial charge in [-0.15, -0.1) is 0 Å². The molecule has 1 heterocycles. The van der Waals surface area contributed by atoms with Crippen LogP contribution in [0.15, 0.2) is 48.5 Å². The van der Waals surface area contributed by atoms with Crippen LogP contribution in [0.4, 0.5) is 16.2 Å². The Morgan fingerprint density at radius 1 is 0.818 bits per heavy atom. The van der Waals surface area contributed by atoms with Gasteiger partial charge in [0.25, 0.3) is 5.69 Å². The minimum atomic E-state index is -0.989. The summed E-state index contributed by atoms with van der Waals surface area (Å²) in [5.74, 6) is -4.17. The number of likely N-dealkylation sites (N-methyl/N-ethyl adjacent to an activating group) is 1. The van der Waals surface area contributed by atoms with Gasteiger partial charge in [-0.2, -0.15) is 0 Å². The Morgan fingerprint density at radius 3 is 1.97 bits per heavy atom. The summed E-state index contributed by atoms with van der Waals surface area (Å²) in [6, 6.07) is 9.37. The second kappa shape index (κ2) is 28.7. The Labute approximate surface area is 415 Å². The van der Waals surface area contributed by atoms with E-state index in [0.29, 0.717) is 55.1 Å². The van der Waals surface area contributed by atoms with Gasteiger partial charge in [0.1, 0.15) is 0 Å². The fraction of sp³-hybridized carbons (Fsp3) is 0.604. The van der Waals surface area contributed by atoms with Crippen molar-refractivity contribution in [1.29, 1.82) is 0 Å². The Hall–Kier alpha value is -4.45. The predicted molar refractivity (Wildman–Crippen MR) is 250 cm³/mol. The van der Waals surface area contributed by atoms with E-state index in [1.807, 2.05) is 20.9 Å². The topological polar surface area (TPSA) is 241 Å². The number of hydrogen-bond donors (Lipinski definition) is 4. The number of nitro groups is 1. The van der Waals surface area contributed by atoms with E-state index < -0.39 is 52.7 Å². The standard InChI is InChI=1S/C48H72N8O9.Y/c1-30(2)24-40(43(58)28-35(12-9-10-22-54(8)31(3)4)47(62)55-23-11-13-41(55)44(59)25-32(5)45(60)51-7)53-46(61)36(26-33-14-18-37(19-15-33)52-48(49)63)29-42(57)39(50-6)27-34-16-20-38(21-17-34)56(64)65;/h14-21,30-32,35-36,39-41,50H,9-13,22-29H2,1-8H3,(H5,49,51,52,53,60,61,63);/p-1/t32-,35?,36-,39-,40-,41?;/m0./s1. The molecule has 6 atom stereocenters. The van der Waals surface area contributed by atoms with Crippen LogP contribution in [0.1, 0.15) is 104 Å². The monoisotopic (exact) mass is 992 g/mol. The quantitative estimate of drug-likeness (QED) is 0.0433. The van der Waals surface area contributed by atoms with Gasteiger partial charge in [-0.05, 0) is 102 Å². The second-order valence-corrected chi connectivity index (χ2v) is 18.2. The molecule has 0 aromatic heterocycles. The predicted octanol–water partition coefficient (Wildman–Crippen LogP) is 6.07. The third kappa shape index (κ3) is 18.7. The zero-order valence-corrected chi connectivity index (χ0v) is 42.9. The summed E-state index contributed by atoms with van der Waals surface area (Å²) in [6.07, 6.45) is 3.12. The molecule has 5 amide bonds. The molecule has 1 radical (unpaired) electrons. The molecule has 1 aliphatic rings. The van der Waals surface area contributed by atoms with Gasteiger partial charge in [-0.3, -0.25) is 43.7 Å². The number of likely N-dealkylation sites (tertiary alicyclic amines) is 1. The van der Waals surface area contributed by atoms with Gasteiger partial charge in [0.05, 0.1) is 23.0 Å². The Morgan fingerprint density at radius 2 is 1.41 bits per heavy atom. The SMILES string of the molecule is CNC(=O)[C@@H](C)CC(=O)C1CCCN1C(=O)C(CCCCN(C)C(C)C)CC(=O)[C@H](CC(C)C)NC(=O)[C@H](CC(=O)[C@H](Cc1ccc([N+](=O)[O-])cc1)NC)Cc1ccc(NC([NH-])=O)cc1.[Y]. The first-order valence-corrected chi connectivity index (χ1v) is 22.9. The minimum Gasteiger partial charge on any atom is -0.447 e. The molecule has 1 fully saturated rings. The van der Waals surface area contributed by atoms with Crippen molar-refractivity contribution in [2.45, 2.75) is 129 Å². The molecule has 1 saturated heterocycles. The van der Waals surface area contributed by atoms with Crippen molar-refractivity contribution in [3.8, 4) is 0 Å². The van der Waals surface area contributed by atoms with Crippen molar-refractivity contribution < 1.29 is 71.2 Å². The Bertz CT molecular complexity index is 1950. The minimum absolute atomic E-state index is 0. The summed E-state index contributed by atoms with van der Waals surface area (Å²) in [5, 5.41) is 22.2. The maximum atomic E-state index is 14.5. The molecular weight excluding hydrogens is 921 g/mol. The molecule has 66 heavy (non-hydrogen) atoms. The van der Waals surface area contributed by atoms with Crippen molar-refractivity contribution in [3.05, 3.63) is 75.5 Å². The first-order valence-electron chi connectivity index (χ1n) is 22.9. The fourth-order valence-corrected chi connectivity index (χ4v) is 8.27. The van der Waals surface area contributed by atoms with Crippen LogP contribution < -0.4 is 21.3 Å². The number of urea groups is 1.